The summed E-state index contributed by atoms with van der Waals surface area (Å²) in [7, 11) is 0. The molecule has 0 saturated heterocycles. The summed E-state index contributed by atoms with van der Waals surface area (Å²) in [6.07, 6.45) is 0. The lowest BCUT2D eigenvalue weighted by atomic mass is 10.1. The van der Waals surface area contributed by atoms with Crippen LogP contribution >= 0.6 is 0 Å². The number of carbonyl (C=O) groups excluding carboxylic acids is 2. The van der Waals surface area contributed by atoms with Gasteiger partial charge in [-0.15, -0.1) is 0 Å². The van der Waals surface area contributed by atoms with Crippen molar-refractivity contribution >= 4 is 11.7 Å². The molecule has 0 aliphatic heterocycles. The van der Waals surface area contributed by atoms with Gasteiger partial charge in [0.05, 0.1) is 6.61 Å². The summed E-state index contributed by atoms with van der Waals surface area (Å²) in [5.74, 6) is -0.617. The number of ketones is 1. The SMILES string of the molecule is CC(=O)C(CO)NC(=O)C(C)C. The maximum absolute atomic E-state index is 11.0. The van der Waals surface area contributed by atoms with Gasteiger partial charge in [0, 0.05) is 5.92 Å². The highest BCUT2D eigenvalue weighted by Crippen LogP contribution is 1.93. The highest BCUT2D eigenvalue weighted by molar-refractivity contribution is 5.88. The molecular weight excluding hydrogens is 158 g/mol. The van der Waals surface area contributed by atoms with E-state index in [1.807, 2.05) is 0 Å². The minimum Gasteiger partial charge on any atom is -0.394 e. The van der Waals surface area contributed by atoms with E-state index in [4.69, 9.17) is 5.11 Å². The lowest BCUT2D eigenvalue weighted by molar-refractivity contribution is -0.129. The number of hydrogen-bond donors (Lipinski definition) is 2. The average Bonchev–Trinajstić information content (AvgIpc) is 1.98. The Morgan fingerprint density at radius 1 is 1.42 bits per heavy atom. The average molecular weight is 173 g/mol. The molecule has 0 aromatic rings. The molecule has 0 saturated carbocycles. The third-order valence-corrected chi connectivity index (χ3v) is 1.51. The number of Topliss-reactive ketones (excluding diaryl/α,β-unsaturated/α-hetero) is 1. The van der Waals surface area contributed by atoms with Crippen LogP contribution < -0.4 is 5.32 Å². The normalized spacial score (nSPS) is 12.8. The molecule has 0 aliphatic rings. The minimum absolute atomic E-state index is 0.168. The lowest BCUT2D eigenvalue weighted by Gasteiger charge is -2.14. The molecule has 0 rings (SSSR count). The van der Waals surface area contributed by atoms with Crippen molar-refractivity contribution in [2.45, 2.75) is 26.8 Å². The predicted molar refractivity (Wildman–Crippen MR) is 44.5 cm³/mol. The molecule has 70 valence electrons. The molecule has 4 nitrogen and oxygen atoms in total. The van der Waals surface area contributed by atoms with Crippen molar-refractivity contribution in [2.75, 3.05) is 6.61 Å². The first-order valence-corrected chi connectivity index (χ1v) is 3.90. The van der Waals surface area contributed by atoms with Gasteiger partial charge in [0.15, 0.2) is 5.78 Å². The zero-order valence-corrected chi connectivity index (χ0v) is 7.63. The molecule has 0 fully saturated rings. The lowest BCUT2D eigenvalue weighted by Crippen LogP contribution is -2.44. The monoisotopic (exact) mass is 173 g/mol. The first kappa shape index (κ1) is 11.1. The smallest absolute Gasteiger partial charge is 0.223 e. The van der Waals surface area contributed by atoms with Crippen LogP contribution in [0.1, 0.15) is 20.8 Å². The molecule has 0 spiro atoms. The summed E-state index contributed by atoms with van der Waals surface area (Å²) in [4.78, 5) is 21.8. The molecule has 0 aromatic heterocycles. The molecule has 0 aromatic carbocycles. The summed E-state index contributed by atoms with van der Waals surface area (Å²) in [6, 6.07) is -0.750. The van der Waals surface area contributed by atoms with Gasteiger partial charge in [-0.2, -0.15) is 0 Å². The predicted octanol–water partition coefficient (Wildman–Crippen LogP) is -0.292. The number of nitrogens with one attached hydrogen (secondary N) is 1. The van der Waals surface area contributed by atoms with E-state index >= 15 is 0 Å². The van der Waals surface area contributed by atoms with E-state index in [-0.39, 0.29) is 24.2 Å². The maximum Gasteiger partial charge on any atom is 0.223 e. The number of hydrogen-bond acceptors (Lipinski definition) is 3. The zero-order valence-electron chi connectivity index (χ0n) is 7.63. The van der Waals surface area contributed by atoms with Gasteiger partial charge >= 0.3 is 0 Å². The Morgan fingerprint density at radius 2 is 1.92 bits per heavy atom. The van der Waals surface area contributed by atoms with Crippen LogP contribution in [0.4, 0.5) is 0 Å². The Bertz CT molecular complexity index is 177. The first-order chi connectivity index (χ1) is 5.49. The quantitative estimate of drug-likeness (QED) is 0.614. The number of aliphatic hydroxyl groups is 1. The Morgan fingerprint density at radius 3 is 2.17 bits per heavy atom. The fourth-order valence-corrected chi connectivity index (χ4v) is 0.614. The standard InChI is InChI=1S/C8H15NO3/c1-5(2)8(12)9-7(4-10)6(3)11/h5,7,10H,4H2,1-3H3,(H,9,12). The van der Waals surface area contributed by atoms with Crippen LogP contribution in [0, 0.1) is 5.92 Å². The van der Waals surface area contributed by atoms with Crippen molar-refractivity contribution in [3.63, 3.8) is 0 Å². The molecular formula is C8H15NO3. The number of aliphatic hydroxyl groups excluding tert-OH is 1. The first-order valence-electron chi connectivity index (χ1n) is 3.90. The highest BCUT2D eigenvalue weighted by atomic mass is 16.3. The van der Waals surface area contributed by atoms with Gasteiger partial charge in [-0.25, -0.2) is 0 Å². The van der Waals surface area contributed by atoms with Crippen LogP contribution in [0.25, 0.3) is 0 Å². The Labute approximate surface area is 72.0 Å². The van der Waals surface area contributed by atoms with E-state index < -0.39 is 6.04 Å². The molecule has 1 atom stereocenters. The topological polar surface area (TPSA) is 66.4 Å². The molecule has 1 unspecified atom stereocenters. The van der Waals surface area contributed by atoms with Crippen LogP contribution in [-0.4, -0.2) is 29.4 Å². The van der Waals surface area contributed by atoms with Gasteiger partial charge in [-0.1, -0.05) is 13.8 Å². The van der Waals surface area contributed by atoms with Crippen molar-refractivity contribution in [1.29, 1.82) is 0 Å². The molecule has 0 radical (unpaired) electrons. The second-order valence-electron chi connectivity index (χ2n) is 3.01. The maximum atomic E-state index is 11.0. The van der Waals surface area contributed by atoms with Gasteiger partial charge in [0.25, 0.3) is 0 Å². The molecule has 0 bridgehead atoms. The van der Waals surface area contributed by atoms with E-state index in [9.17, 15) is 9.59 Å². The summed E-state index contributed by atoms with van der Waals surface area (Å²) >= 11 is 0. The van der Waals surface area contributed by atoms with Crippen molar-refractivity contribution < 1.29 is 14.7 Å². The third-order valence-electron chi connectivity index (χ3n) is 1.51. The second kappa shape index (κ2) is 4.87. The van der Waals surface area contributed by atoms with Gasteiger partial charge in [-0.05, 0) is 6.92 Å². The minimum atomic E-state index is -0.750. The van der Waals surface area contributed by atoms with Gasteiger partial charge in [0.2, 0.25) is 5.91 Å². The van der Waals surface area contributed by atoms with E-state index in [2.05, 4.69) is 5.32 Å². The number of carbonyl (C=O) groups is 2. The fraction of sp³-hybridized carbons (Fsp3) is 0.750. The molecule has 0 aliphatic carbocycles. The van der Waals surface area contributed by atoms with Gasteiger partial charge in [0.1, 0.15) is 6.04 Å². The Hall–Kier alpha value is -0.900. The summed E-state index contributed by atoms with van der Waals surface area (Å²) in [6.45, 7) is 4.45. The van der Waals surface area contributed by atoms with E-state index in [1.54, 1.807) is 13.8 Å². The Balaban J connectivity index is 4.03. The number of amides is 1. The number of rotatable bonds is 4. The Kier molecular flexibility index (Phi) is 4.51. The van der Waals surface area contributed by atoms with Crippen LogP contribution in [0.5, 0.6) is 0 Å². The second-order valence-corrected chi connectivity index (χ2v) is 3.01. The van der Waals surface area contributed by atoms with Crippen molar-refractivity contribution in [1.82, 2.24) is 5.32 Å². The third kappa shape index (κ3) is 3.48. The van der Waals surface area contributed by atoms with Crippen molar-refractivity contribution in [2.24, 2.45) is 5.92 Å². The van der Waals surface area contributed by atoms with Crippen LogP contribution in [0.2, 0.25) is 0 Å². The van der Waals surface area contributed by atoms with Crippen molar-refractivity contribution in [3.8, 4) is 0 Å². The van der Waals surface area contributed by atoms with Crippen LogP contribution in [0.3, 0.4) is 0 Å². The largest absolute Gasteiger partial charge is 0.394 e. The van der Waals surface area contributed by atoms with Crippen LogP contribution in [0.15, 0.2) is 0 Å². The summed E-state index contributed by atoms with van der Waals surface area (Å²) in [5, 5.41) is 11.1. The fourth-order valence-electron chi connectivity index (χ4n) is 0.614. The van der Waals surface area contributed by atoms with E-state index in [0.717, 1.165) is 0 Å². The summed E-state index contributed by atoms with van der Waals surface area (Å²) in [5.41, 5.74) is 0. The van der Waals surface area contributed by atoms with Gasteiger partial charge < -0.3 is 10.4 Å². The van der Waals surface area contributed by atoms with Crippen LogP contribution in [-0.2, 0) is 9.59 Å². The van der Waals surface area contributed by atoms with E-state index in [1.165, 1.54) is 6.92 Å². The highest BCUT2D eigenvalue weighted by Gasteiger charge is 2.16. The van der Waals surface area contributed by atoms with Gasteiger partial charge in [-0.3, -0.25) is 9.59 Å². The molecule has 12 heavy (non-hydrogen) atoms. The van der Waals surface area contributed by atoms with Crippen molar-refractivity contribution in [3.05, 3.63) is 0 Å². The zero-order chi connectivity index (χ0) is 9.72. The summed E-state index contributed by atoms with van der Waals surface area (Å²) < 4.78 is 0. The molecule has 4 heteroatoms. The molecule has 2 N–H and O–H groups in total. The van der Waals surface area contributed by atoms with E-state index in [0.29, 0.717) is 0 Å². The molecule has 0 heterocycles. The molecule has 1 amide bonds.